The number of nitrogens with zero attached hydrogens (tertiary/aromatic N) is 2. The van der Waals surface area contributed by atoms with Crippen molar-refractivity contribution in [2.75, 3.05) is 0 Å². The van der Waals surface area contributed by atoms with Gasteiger partial charge in [0.05, 0.1) is 6.04 Å². The van der Waals surface area contributed by atoms with Crippen LogP contribution < -0.4 is 5.32 Å². The van der Waals surface area contributed by atoms with Crippen LogP contribution in [0.5, 0.6) is 0 Å². The van der Waals surface area contributed by atoms with Crippen molar-refractivity contribution in [2.45, 2.75) is 38.8 Å². The SMILES string of the molecule is C=CCC(C)NC(CC)c1nccn1C. The maximum Gasteiger partial charge on any atom is 0.125 e. The molecule has 1 aromatic rings. The van der Waals surface area contributed by atoms with Gasteiger partial charge >= 0.3 is 0 Å². The highest BCUT2D eigenvalue weighted by molar-refractivity contribution is 4.99. The molecule has 84 valence electrons. The number of hydrogen-bond acceptors (Lipinski definition) is 2. The summed E-state index contributed by atoms with van der Waals surface area (Å²) in [6.07, 6.45) is 7.81. The second kappa shape index (κ2) is 5.71. The third kappa shape index (κ3) is 3.20. The van der Waals surface area contributed by atoms with Crippen LogP contribution in [0.15, 0.2) is 25.0 Å². The largest absolute Gasteiger partial charge is 0.337 e. The second-order valence-corrected chi connectivity index (χ2v) is 3.95. The fourth-order valence-electron chi connectivity index (χ4n) is 1.75. The Balaban J connectivity index is 2.64. The van der Waals surface area contributed by atoms with Crippen molar-refractivity contribution in [3.63, 3.8) is 0 Å². The molecule has 0 aromatic carbocycles. The molecular weight excluding hydrogens is 186 g/mol. The van der Waals surface area contributed by atoms with E-state index in [-0.39, 0.29) is 0 Å². The lowest BCUT2D eigenvalue weighted by Crippen LogP contribution is -2.31. The molecule has 3 nitrogen and oxygen atoms in total. The molecule has 0 aliphatic carbocycles. The van der Waals surface area contributed by atoms with Crippen LogP contribution in [0.25, 0.3) is 0 Å². The minimum Gasteiger partial charge on any atom is -0.337 e. The Morgan fingerprint density at radius 1 is 1.67 bits per heavy atom. The highest BCUT2D eigenvalue weighted by atomic mass is 15.1. The van der Waals surface area contributed by atoms with Gasteiger partial charge in [0, 0.05) is 25.5 Å². The van der Waals surface area contributed by atoms with E-state index in [9.17, 15) is 0 Å². The first-order valence-electron chi connectivity index (χ1n) is 5.53. The fraction of sp³-hybridized carbons (Fsp3) is 0.583. The van der Waals surface area contributed by atoms with Gasteiger partial charge in [0.2, 0.25) is 0 Å². The summed E-state index contributed by atoms with van der Waals surface area (Å²) >= 11 is 0. The van der Waals surface area contributed by atoms with E-state index >= 15 is 0 Å². The second-order valence-electron chi connectivity index (χ2n) is 3.95. The van der Waals surface area contributed by atoms with E-state index in [0.29, 0.717) is 12.1 Å². The molecular formula is C12H21N3. The van der Waals surface area contributed by atoms with Crippen LogP contribution >= 0.6 is 0 Å². The van der Waals surface area contributed by atoms with Gasteiger partial charge in [-0.2, -0.15) is 0 Å². The van der Waals surface area contributed by atoms with Gasteiger partial charge in [-0.3, -0.25) is 0 Å². The monoisotopic (exact) mass is 207 g/mol. The van der Waals surface area contributed by atoms with Crippen molar-refractivity contribution < 1.29 is 0 Å². The Labute approximate surface area is 92.2 Å². The lowest BCUT2D eigenvalue weighted by atomic mass is 10.1. The van der Waals surface area contributed by atoms with Crippen LogP contribution in [0.1, 0.15) is 38.6 Å². The highest BCUT2D eigenvalue weighted by Crippen LogP contribution is 2.15. The Morgan fingerprint density at radius 2 is 2.40 bits per heavy atom. The first-order chi connectivity index (χ1) is 7.19. The van der Waals surface area contributed by atoms with Crippen LogP contribution in [-0.4, -0.2) is 15.6 Å². The zero-order chi connectivity index (χ0) is 11.3. The normalized spacial score (nSPS) is 14.9. The Hall–Kier alpha value is -1.09. The van der Waals surface area contributed by atoms with Gasteiger partial charge in [-0.15, -0.1) is 6.58 Å². The smallest absolute Gasteiger partial charge is 0.125 e. The van der Waals surface area contributed by atoms with Crippen molar-refractivity contribution in [3.05, 3.63) is 30.9 Å². The molecule has 0 bridgehead atoms. The van der Waals surface area contributed by atoms with Crippen LogP contribution in [0.2, 0.25) is 0 Å². The Kier molecular flexibility index (Phi) is 4.56. The zero-order valence-electron chi connectivity index (χ0n) is 9.90. The van der Waals surface area contributed by atoms with E-state index in [4.69, 9.17) is 0 Å². The van der Waals surface area contributed by atoms with E-state index in [1.54, 1.807) is 0 Å². The predicted octanol–water partition coefficient (Wildman–Crippen LogP) is 2.43. The van der Waals surface area contributed by atoms with E-state index in [1.165, 1.54) is 0 Å². The van der Waals surface area contributed by atoms with Gasteiger partial charge in [-0.25, -0.2) is 4.98 Å². The minimum absolute atomic E-state index is 0.333. The predicted molar refractivity (Wildman–Crippen MR) is 63.7 cm³/mol. The van der Waals surface area contributed by atoms with Crippen LogP contribution in [0.3, 0.4) is 0 Å². The molecule has 2 unspecified atom stereocenters. The average molecular weight is 207 g/mol. The molecule has 1 N–H and O–H groups in total. The lowest BCUT2D eigenvalue weighted by molar-refractivity contribution is 0.423. The zero-order valence-corrected chi connectivity index (χ0v) is 9.90. The number of hydrogen-bond donors (Lipinski definition) is 1. The quantitative estimate of drug-likeness (QED) is 0.726. The standard InChI is InChI=1S/C12H21N3/c1-5-7-10(3)14-11(6-2)12-13-8-9-15(12)4/h5,8-11,14H,1,6-7H2,2-4H3. The molecule has 1 heterocycles. The molecule has 1 aromatic heterocycles. The average Bonchev–Trinajstić information content (AvgIpc) is 2.61. The first-order valence-corrected chi connectivity index (χ1v) is 5.53. The Bertz CT molecular complexity index is 304. The maximum absolute atomic E-state index is 4.37. The summed E-state index contributed by atoms with van der Waals surface area (Å²) in [5.74, 6) is 1.11. The number of aryl methyl sites for hydroxylation is 1. The molecule has 1 rings (SSSR count). The summed E-state index contributed by atoms with van der Waals surface area (Å²) in [7, 11) is 2.03. The molecule has 0 spiro atoms. The van der Waals surface area contributed by atoms with Gasteiger partial charge in [0.25, 0.3) is 0 Å². The maximum atomic E-state index is 4.37. The van der Waals surface area contributed by atoms with Crippen molar-refractivity contribution >= 4 is 0 Å². The minimum atomic E-state index is 0.333. The van der Waals surface area contributed by atoms with Crippen LogP contribution in [0, 0.1) is 0 Å². The Morgan fingerprint density at radius 3 is 2.87 bits per heavy atom. The number of aromatic nitrogens is 2. The number of rotatable bonds is 6. The fourth-order valence-corrected chi connectivity index (χ4v) is 1.75. The summed E-state index contributed by atoms with van der Waals surface area (Å²) in [5, 5.41) is 3.56. The molecule has 2 atom stereocenters. The molecule has 0 saturated carbocycles. The summed E-state index contributed by atoms with van der Waals surface area (Å²) in [6.45, 7) is 8.10. The molecule has 0 aliphatic heterocycles. The van der Waals surface area contributed by atoms with E-state index in [2.05, 4.69) is 35.3 Å². The van der Waals surface area contributed by atoms with E-state index in [1.807, 2.05) is 25.5 Å². The van der Waals surface area contributed by atoms with Gasteiger partial charge in [0.15, 0.2) is 0 Å². The van der Waals surface area contributed by atoms with Crippen LogP contribution in [-0.2, 0) is 7.05 Å². The third-order valence-electron chi connectivity index (χ3n) is 2.58. The van der Waals surface area contributed by atoms with E-state index < -0.39 is 0 Å². The third-order valence-corrected chi connectivity index (χ3v) is 2.58. The lowest BCUT2D eigenvalue weighted by Gasteiger charge is -2.21. The molecule has 0 aliphatic rings. The van der Waals surface area contributed by atoms with Crippen molar-refractivity contribution in [1.82, 2.24) is 14.9 Å². The molecule has 15 heavy (non-hydrogen) atoms. The molecule has 0 amide bonds. The van der Waals surface area contributed by atoms with Gasteiger partial charge in [-0.1, -0.05) is 13.0 Å². The molecule has 0 saturated heterocycles. The summed E-state index contributed by atoms with van der Waals surface area (Å²) in [6, 6.07) is 0.782. The van der Waals surface area contributed by atoms with Crippen molar-refractivity contribution in [2.24, 2.45) is 7.05 Å². The number of nitrogens with one attached hydrogen (secondary N) is 1. The van der Waals surface area contributed by atoms with Crippen molar-refractivity contribution in [1.29, 1.82) is 0 Å². The van der Waals surface area contributed by atoms with Gasteiger partial charge in [-0.05, 0) is 19.8 Å². The topological polar surface area (TPSA) is 29.9 Å². The highest BCUT2D eigenvalue weighted by Gasteiger charge is 2.15. The molecule has 0 radical (unpaired) electrons. The first kappa shape index (κ1) is 12.0. The van der Waals surface area contributed by atoms with Gasteiger partial charge < -0.3 is 9.88 Å². The summed E-state index contributed by atoms with van der Waals surface area (Å²) < 4.78 is 2.07. The van der Waals surface area contributed by atoms with Crippen molar-refractivity contribution in [3.8, 4) is 0 Å². The van der Waals surface area contributed by atoms with Gasteiger partial charge in [0.1, 0.15) is 5.82 Å². The van der Waals surface area contributed by atoms with E-state index in [0.717, 1.165) is 18.7 Å². The van der Waals surface area contributed by atoms with Crippen LogP contribution in [0.4, 0.5) is 0 Å². The molecule has 0 fully saturated rings. The summed E-state index contributed by atoms with van der Waals surface area (Å²) in [5.41, 5.74) is 0. The summed E-state index contributed by atoms with van der Waals surface area (Å²) in [4.78, 5) is 4.37. The molecule has 3 heteroatoms. The number of imidazole rings is 1.